The van der Waals surface area contributed by atoms with Gasteiger partial charge >= 0.3 is 5.97 Å². The highest BCUT2D eigenvalue weighted by Gasteiger charge is 2.19. The monoisotopic (exact) mass is 327 g/mol. The summed E-state index contributed by atoms with van der Waals surface area (Å²) in [5.74, 6) is -1.92. The number of aliphatic carboxylic acids is 1. The largest absolute Gasteiger partial charge is 0.481 e. The van der Waals surface area contributed by atoms with Gasteiger partial charge in [0.2, 0.25) is 5.91 Å². The molecule has 1 amide bonds. The third-order valence-corrected chi connectivity index (χ3v) is 5.43. The molecule has 122 valence electrons. The molecule has 0 aliphatic carbocycles. The summed E-state index contributed by atoms with van der Waals surface area (Å²) in [6.07, 6.45) is 0.0777. The van der Waals surface area contributed by atoms with Crippen LogP contribution in [0.4, 0.5) is 0 Å². The van der Waals surface area contributed by atoms with E-state index in [4.69, 9.17) is 5.11 Å². The maximum atomic E-state index is 12.0. The van der Waals surface area contributed by atoms with Crippen LogP contribution in [-0.2, 0) is 25.8 Å². The van der Waals surface area contributed by atoms with Gasteiger partial charge in [0.25, 0.3) is 0 Å². The molecule has 1 aromatic carbocycles. The topological polar surface area (TPSA) is 101 Å². The molecule has 0 saturated carbocycles. The van der Waals surface area contributed by atoms with Gasteiger partial charge in [-0.25, -0.2) is 8.42 Å². The minimum absolute atomic E-state index is 0.0635. The minimum atomic E-state index is -3.32. The molecular formula is C15H21NO5S. The van der Waals surface area contributed by atoms with Crippen molar-refractivity contribution in [2.24, 2.45) is 5.92 Å². The summed E-state index contributed by atoms with van der Waals surface area (Å²) >= 11 is 0. The molecule has 0 heterocycles. The number of carbonyl (C=O) groups is 2. The van der Waals surface area contributed by atoms with E-state index in [-0.39, 0.29) is 23.8 Å². The molecule has 22 heavy (non-hydrogen) atoms. The second-order valence-electron chi connectivity index (χ2n) is 5.46. The van der Waals surface area contributed by atoms with Crippen molar-refractivity contribution in [1.29, 1.82) is 0 Å². The highest BCUT2D eigenvalue weighted by molar-refractivity contribution is 7.92. The van der Waals surface area contributed by atoms with Gasteiger partial charge in [-0.15, -0.1) is 0 Å². The van der Waals surface area contributed by atoms with E-state index in [9.17, 15) is 18.0 Å². The van der Waals surface area contributed by atoms with Crippen LogP contribution in [0.3, 0.4) is 0 Å². The van der Waals surface area contributed by atoms with E-state index in [1.165, 1.54) is 19.1 Å². The smallest absolute Gasteiger partial charge is 0.308 e. The van der Waals surface area contributed by atoms with Crippen molar-refractivity contribution < 1.29 is 23.1 Å². The zero-order valence-corrected chi connectivity index (χ0v) is 13.7. The Labute approximate surface area is 130 Å². The Morgan fingerprint density at radius 3 is 2.14 bits per heavy atom. The van der Waals surface area contributed by atoms with Crippen LogP contribution in [0.2, 0.25) is 0 Å². The summed E-state index contributed by atoms with van der Waals surface area (Å²) in [6, 6.07) is 6.15. The molecule has 1 unspecified atom stereocenters. The lowest BCUT2D eigenvalue weighted by molar-refractivity contribution is -0.141. The van der Waals surface area contributed by atoms with Crippen molar-refractivity contribution in [1.82, 2.24) is 5.32 Å². The number of carboxylic acid groups (broad SMARTS) is 1. The Balaban J connectivity index is 2.65. The van der Waals surface area contributed by atoms with Gasteiger partial charge in [-0.1, -0.05) is 19.1 Å². The van der Waals surface area contributed by atoms with E-state index < -0.39 is 27.0 Å². The lowest BCUT2D eigenvalue weighted by atomic mass is 10.1. The minimum Gasteiger partial charge on any atom is -0.481 e. The number of amides is 1. The van der Waals surface area contributed by atoms with Crippen molar-refractivity contribution in [2.75, 3.05) is 6.54 Å². The Morgan fingerprint density at radius 2 is 1.68 bits per heavy atom. The van der Waals surface area contributed by atoms with Crippen molar-refractivity contribution >= 4 is 21.7 Å². The standard InChI is InChI=1S/C15H21NO5S/c1-10(2)22(20,21)13-6-4-12(5-7-13)8-14(17)16-9-11(3)15(18)19/h4-7,10-11H,8-9H2,1-3H3,(H,16,17)(H,18,19). The normalized spacial score (nSPS) is 12.9. The fourth-order valence-electron chi connectivity index (χ4n) is 1.67. The van der Waals surface area contributed by atoms with E-state index in [1.54, 1.807) is 26.0 Å². The average molecular weight is 327 g/mol. The van der Waals surface area contributed by atoms with Crippen LogP contribution in [-0.4, -0.2) is 37.2 Å². The number of hydrogen-bond donors (Lipinski definition) is 2. The number of carbonyl (C=O) groups excluding carboxylic acids is 1. The van der Waals surface area contributed by atoms with Crippen molar-refractivity contribution in [2.45, 2.75) is 37.3 Å². The molecule has 2 N–H and O–H groups in total. The molecule has 0 fully saturated rings. The summed E-state index contributed by atoms with van der Waals surface area (Å²) in [6.45, 7) is 4.79. The molecule has 0 aromatic heterocycles. The third kappa shape index (κ3) is 4.84. The van der Waals surface area contributed by atoms with E-state index in [1.807, 2.05) is 0 Å². The molecule has 0 radical (unpaired) electrons. The summed E-state index contributed by atoms with van der Waals surface area (Å²) in [5.41, 5.74) is 0.670. The molecule has 0 spiro atoms. The van der Waals surface area contributed by atoms with E-state index in [2.05, 4.69) is 5.32 Å². The first kappa shape index (κ1) is 18.2. The summed E-state index contributed by atoms with van der Waals surface area (Å²) in [4.78, 5) is 22.6. The molecule has 0 aliphatic rings. The number of benzene rings is 1. The predicted octanol–water partition coefficient (Wildman–Crippen LogP) is 1.25. The highest BCUT2D eigenvalue weighted by Crippen LogP contribution is 2.16. The predicted molar refractivity (Wildman–Crippen MR) is 82.3 cm³/mol. The molecule has 0 bridgehead atoms. The molecule has 1 aromatic rings. The van der Waals surface area contributed by atoms with Crippen molar-refractivity contribution in [3.63, 3.8) is 0 Å². The number of carboxylic acids is 1. The highest BCUT2D eigenvalue weighted by atomic mass is 32.2. The Morgan fingerprint density at radius 1 is 1.14 bits per heavy atom. The van der Waals surface area contributed by atoms with Crippen LogP contribution in [0.5, 0.6) is 0 Å². The molecule has 0 saturated heterocycles. The summed E-state index contributed by atoms with van der Waals surface area (Å²) in [5, 5.41) is 10.8. The molecular weight excluding hydrogens is 306 g/mol. The van der Waals surface area contributed by atoms with Crippen LogP contribution in [0.1, 0.15) is 26.3 Å². The number of rotatable bonds is 7. The summed E-state index contributed by atoms with van der Waals surface area (Å²) in [7, 11) is -3.32. The first-order chi connectivity index (χ1) is 10.1. The van der Waals surface area contributed by atoms with E-state index >= 15 is 0 Å². The second kappa shape index (κ2) is 7.40. The van der Waals surface area contributed by atoms with Crippen LogP contribution >= 0.6 is 0 Å². The fraction of sp³-hybridized carbons (Fsp3) is 0.467. The van der Waals surface area contributed by atoms with E-state index in [0.717, 1.165) is 0 Å². The lowest BCUT2D eigenvalue weighted by Crippen LogP contribution is -2.32. The quantitative estimate of drug-likeness (QED) is 0.785. The molecule has 1 atom stereocenters. The molecule has 7 heteroatoms. The Kier molecular flexibility index (Phi) is 6.11. The third-order valence-electron chi connectivity index (χ3n) is 3.26. The van der Waals surface area contributed by atoms with Gasteiger partial charge in [0.15, 0.2) is 9.84 Å². The maximum Gasteiger partial charge on any atom is 0.308 e. The number of nitrogens with one attached hydrogen (secondary N) is 1. The Bertz CT molecular complexity index is 634. The molecule has 0 aliphatic heterocycles. The molecule has 1 rings (SSSR count). The zero-order chi connectivity index (χ0) is 16.9. The van der Waals surface area contributed by atoms with E-state index in [0.29, 0.717) is 5.56 Å². The zero-order valence-electron chi connectivity index (χ0n) is 12.9. The van der Waals surface area contributed by atoms with Crippen LogP contribution in [0, 0.1) is 5.92 Å². The number of sulfone groups is 1. The second-order valence-corrected chi connectivity index (χ2v) is 7.96. The fourth-order valence-corrected chi connectivity index (χ4v) is 2.73. The van der Waals surface area contributed by atoms with Crippen LogP contribution < -0.4 is 5.32 Å². The average Bonchev–Trinajstić information content (AvgIpc) is 2.45. The van der Waals surface area contributed by atoms with Crippen LogP contribution in [0.15, 0.2) is 29.2 Å². The van der Waals surface area contributed by atoms with Gasteiger partial charge in [-0.05, 0) is 31.5 Å². The lowest BCUT2D eigenvalue weighted by Gasteiger charge is -2.10. The van der Waals surface area contributed by atoms with Crippen molar-refractivity contribution in [3.05, 3.63) is 29.8 Å². The molecule has 6 nitrogen and oxygen atoms in total. The first-order valence-corrected chi connectivity index (χ1v) is 8.51. The number of hydrogen-bond acceptors (Lipinski definition) is 4. The van der Waals surface area contributed by atoms with Gasteiger partial charge in [0, 0.05) is 6.54 Å². The van der Waals surface area contributed by atoms with Gasteiger partial charge in [0.1, 0.15) is 0 Å². The van der Waals surface area contributed by atoms with Gasteiger partial charge < -0.3 is 10.4 Å². The van der Waals surface area contributed by atoms with Crippen LogP contribution in [0.25, 0.3) is 0 Å². The van der Waals surface area contributed by atoms with Gasteiger partial charge in [0.05, 0.1) is 22.5 Å². The SMILES string of the molecule is CC(CNC(=O)Cc1ccc(S(=O)(=O)C(C)C)cc1)C(=O)O. The van der Waals surface area contributed by atoms with Gasteiger partial charge in [-0.3, -0.25) is 9.59 Å². The summed E-state index contributed by atoms with van der Waals surface area (Å²) < 4.78 is 23.9. The maximum absolute atomic E-state index is 12.0. The Hall–Kier alpha value is -1.89. The van der Waals surface area contributed by atoms with Gasteiger partial charge in [-0.2, -0.15) is 0 Å². The van der Waals surface area contributed by atoms with Crippen molar-refractivity contribution in [3.8, 4) is 0 Å². The first-order valence-electron chi connectivity index (χ1n) is 6.97.